The van der Waals surface area contributed by atoms with E-state index in [0.717, 1.165) is 5.56 Å². The SMILES string of the molecule is COc1cc(CNC(=O)c2ccccc2OC)cc(OC)c1. The Kier molecular flexibility index (Phi) is 5.25. The number of para-hydroxylation sites is 1. The van der Waals surface area contributed by atoms with Gasteiger partial charge in [0.25, 0.3) is 5.91 Å². The summed E-state index contributed by atoms with van der Waals surface area (Å²) < 4.78 is 15.6. The zero-order valence-electron chi connectivity index (χ0n) is 12.9. The van der Waals surface area contributed by atoms with Crippen molar-refractivity contribution >= 4 is 5.91 Å². The van der Waals surface area contributed by atoms with Crippen LogP contribution in [0.3, 0.4) is 0 Å². The van der Waals surface area contributed by atoms with Crippen LogP contribution < -0.4 is 19.5 Å². The highest BCUT2D eigenvalue weighted by Crippen LogP contribution is 2.23. The smallest absolute Gasteiger partial charge is 0.255 e. The molecule has 0 aliphatic rings. The molecule has 0 spiro atoms. The molecular weight excluding hydrogens is 282 g/mol. The number of carbonyl (C=O) groups excluding carboxylic acids is 1. The minimum Gasteiger partial charge on any atom is -0.497 e. The second-order valence-corrected chi connectivity index (χ2v) is 4.60. The Bertz CT molecular complexity index is 633. The van der Waals surface area contributed by atoms with Crippen LogP contribution in [0, 0.1) is 0 Å². The standard InChI is InChI=1S/C17H19NO4/c1-20-13-8-12(9-14(10-13)21-2)11-18-17(19)15-6-4-5-7-16(15)22-3/h4-10H,11H2,1-3H3,(H,18,19). The van der Waals surface area contributed by atoms with Crippen molar-refractivity contribution in [3.05, 3.63) is 53.6 Å². The summed E-state index contributed by atoms with van der Waals surface area (Å²) in [7, 11) is 4.72. The molecule has 2 aromatic rings. The molecule has 0 aliphatic carbocycles. The van der Waals surface area contributed by atoms with Gasteiger partial charge < -0.3 is 19.5 Å². The van der Waals surface area contributed by atoms with Crippen LogP contribution in [-0.4, -0.2) is 27.2 Å². The van der Waals surface area contributed by atoms with E-state index in [1.165, 1.54) is 0 Å². The zero-order valence-corrected chi connectivity index (χ0v) is 12.9. The lowest BCUT2D eigenvalue weighted by Gasteiger charge is -2.11. The van der Waals surface area contributed by atoms with E-state index in [1.807, 2.05) is 18.2 Å². The molecule has 0 heterocycles. The first-order valence-corrected chi connectivity index (χ1v) is 6.81. The van der Waals surface area contributed by atoms with E-state index in [1.54, 1.807) is 45.6 Å². The third-order valence-corrected chi connectivity index (χ3v) is 3.22. The average Bonchev–Trinajstić information content (AvgIpc) is 2.59. The maximum absolute atomic E-state index is 12.3. The van der Waals surface area contributed by atoms with E-state index in [-0.39, 0.29) is 5.91 Å². The third-order valence-electron chi connectivity index (χ3n) is 3.22. The molecule has 0 radical (unpaired) electrons. The quantitative estimate of drug-likeness (QED) is 0.891. The van der Waals surface area contributed by atoms with Gasteiger partial charge in [-0.05, 0) is 29.8 Å². The number of ether oxygens (including phenoxy) is 3. The van der Waals surface area contributed by atoms with Crippen LogP contribution in [0.4, 0.5) is 0 Å². The molecule has 22 heavy (non-hydrogen) atoms. The largest absolute Gasteiger partial charge is 0.497 e. The second-order valence-electron chi connectivity index (χ2n) is 4.60. The van der Waals surface area contributed by atoms with E-state index in [2.05, 4.69) is 5.32 Å². The number of hydrogen-bond donors (Lipinski definition) is 1. The highest BCUT2D eigenvalue weighted by Gasteiger charge is 2.11. The van der Waals surface area contributed by atoms with Gasteiger partial charge in [0.15, 0.2) is 0 Å². The first-order valence-electron chi connectivity index (χ1n) is 6.81. The molecule has 0 aromatic heterocycles. The minimum atomic E-state index is -0.195. The van der Waals surface area contributed by atoms with Crippen molar-refractivity contribution in [2.75, 3.05) is 21.3 Å². The second kappa shape index (κ2) is 7.36. The summed E-state index contributed by atoms with van der Waals surface area (Å²) in [4.78, 5) is 12.3. The molecule has 0 saturated heterocycles. The van der Waals surface area contributed by atoms with Crippen molar-refractivity contribution in [1.29, 1.82) is 0 Å². The van der Waals surface area contributed by atoms with Gasteiger partial charge in [0.05, 0.1) is 26.9 Å². The third kappa shape index (κ3) is 3.69. The van der Waals surface area contributed by atoms with Gasteiger partial charge in [-0.1, -0.05) is 12.1 Å². The first-order chi connectivity index (χ1) is 10.7. The van der Waals surface area contributed by atoms with Gasteiger partial charge in [0, 0.05) is 12.6 Å². The van der Waals surface area contributed by atoms with Crippen LogP contribution in [0.15, 0.2) is 42.5 Å². The number of carbonyl (C=O) groups is 1. The molecule has 0 atom stereocenters. The summed E-state index contributed by atoms with van der Waals surface area (Å²) in [5.41, 5.74) is 1.39. The Hall–Kier alpha value is -2.69. The van der Waals surface area contributed by atoms with Crippen molar-refractivity contribution in [3.63, 3.8) is 0 Å². The van der Waals surface area contributed by atoms with Gasteiger partial charge in [-0.3, -0.25) is 4.79 Å². The fourth-order valence-electron chi connectivity index (χ4n) is 2.08. The average molecular weight is 301 g/mol. The molecule has 0 fully saturated rings. The molecule has 0 bridgehead atoms. The topological polar surface area (TPSA) is 56.8 Å². The maximum atomic E-state index is 12.3. The summed E-state index contributed by atoms with van der Waals surface area (Å²) in [5.74, 6) is 1.71. The van der Waals surface area contributed by atoms with Crippen molar-refractivity contribution in [3.8, 4) is 17.2 Å². The number of nitrogens with one attached hydrogen (secondary N) is 1. The van der Waals surface area contributed by atoms with Gasteiger partial charge >= 0.3 is 0 Å². The summed E-state index contributed by atoms with van der Waals surface area (Å²) >= 11 is 0. The lowest BCUT2D eigenvalue weighted by atomic mass is 10.1. The molecule has 5 nitrogen and oxygen atoms in total. The van der Waals surface area contributed by atoms with Crippen molar-refractivity contribution in [2.24, 2.45) is 0 Å². The van der Waals surface area contributed by atoms with Crippen LogP contribution in [0.5, 0.6) is 17.2 Å². The minimum absolute atomic E-state index is 0.195. The molecular formula is C17H19NO4. The Morgan fingerprint density at radius 2 is 1.59 bits per heavy atom. The maximum Gasteiger partial charge on any atom is 0.255 e. The summed E-state index contributed by atoms with van der Waals surface area (Å²) in [6.07, 6.45) is 0. The monoisotopic (exact) mass is 301 g/mol. The predicted octanol–water partition coefficient (Wildman–Crippen LogP) is 2.64. The Labute approximate surface area is 129 Å². The molecule has 5 heteroatoms. The lowest BCUT2D eigenvalue weighted by Crippen LogP contribution is -2.23. The van der Waals surface area contributed by atoms with Gasteiger partial charge in [0.2, 0.25) is 0 Å². The van der Waals surface area contributed by atoms with Crippen LogP contribution in [0.1, 0.15) is 15.9 Å². The fourth-order valence-corrected chi connectivity index (χ4v) is 2.08. The van der Waals surface area contributed by atoms with Crippen LogP contribution in [0.25, 0.3) is 0 Å². The highest BCUT2D eigenvalue weighted by atomic mass is 16.5. The normalized spacial score (nSPS) is 9.95. The van der Waals surface area contributed by atoms with Crippen molar-refractivity contribution in [2.45, 2.75) is 6.54 Å². The molecule has 2 aromatic carbocycles. The predicted molar refractivity (Wildman–Crippen MR) is 83.7 cm³/mol. The molecule has 0 saturated carbocycles. The summed E-state index contributed by atoms with van der Waals surface area (Å²) in [6, 6.07) is 12.6. The number of hydrogen-bond acceptors (Lipinski definition) is 4. The van der Waals surface area contributed by atoms with Gasteiger partial charge in [-0.15, -0.1) is 0 Å². The molecule has 1 amide bonds. The van der Waals surface area contributed by atoms with Gasteiger partial charge in [0.1, 0.15) is 17.2 Å². The number of rotatable bonds is 6. The number of amides is 1. The highest BCUT2D eigenvalue weighted by molar-refractivity contribution is 5.96. The number of methoxy groups -OCH3 is 3. The first kappa shape index (κ1) is 15.7. The molecule has 1 N–H and O–H groups in total. The van der Waals surface area contributed by atoms with Gasteiger partial charge in [-0.25, -0.2) is 0 Å². The van der Waals surface area contributed by atoms with E-state index >= 15 is 0 Å². The number of benzene rings is 2. The van der Waals surface area contributed by atoms with Gasteiger partial charge in [-0.2, -0.15) is 0 Å². The Balaban J connectivity index is 2.11. The zero-order chi connectivity index (χ0) is 15.9. The van der Waals surface area contributed by atoms with E-state index in [9.17, 15) is 4.79 Å². The van der Waals surface area contributed by atoms with E-state index in [0.29, 0.717) is 29.4 Å². The van der Waals surface area contributed by atoms with Crippen molar-refractivity contribution < 1.29 is 19.0 Å². The fraction of sp³-hybridized carbons (Fsp3) is 0.235. The lowest BCUT2D eigenvalue weighted by molar-refractivity contribution is 0.0948. The molecule has 2 rings (SSSR count). The van der Waals surface area contributed by atoms with Crippen LogP contribution >= 0.6 is 0 Å². The molecule has 116 valence electrons. The molecule has 0 aliphatic heterocycles. The van der Waals surface area contributed by atoms with E-state index < -0.39 is 0 Å². The summed E-state index contributed by atoms with van der Waals surface area (Å²) in [5, 5.41) is 2.86. The van der Waals surface area contributed by atoms with Crippen molar-refractivity contribution in [1.82, 2.24) is 5.32 Å². The van der Waals surface area contributed by atoms with E-state index in [4.69, 9.17) is 14.2 Å². The Morgan fingerprint density at radius 1 is 0.955 bits per heavy atom. The van der Waals surface area contributed by atoms with Crippen LogP contribution in [-0.2, 0) is 6.54 Å². The molecule has 0 unspecified atom stereocenters. The Morgan fingerprint density at radius 3 is 2.18 bits per heavy atom. The summed E-state index contributed by atoms with van der Waals surface area (Å²) in [6.45, 7) is 0.366. The van der Waals surface area contributed by atoms with Crippen LogP contribution in [0.2, 0.25) is 0 Å².